The number of ether oxygens (including phenoxy) is 1. The van der Waals surface area contributed by atoms with Crippen molar-refractivity contribution in [2.45, 2.75) is 29.7 Å². The van der Waals surface area contributed by atoms with Crippen LogP contribution < -0.4 is 4.72 Å². The van der Waals surface area contributed by atoms with E-state index in [4.69, 9.17) is 4.74 Å². The van der Waals surface area contributed by atoms with Gasteiger partial charge < -0.3 is 4.74 Å². The van der Waals surface area contributed by atoms with Crippen molar-refractivity contribution in [2.24, 2.45) is 0 Å². The second-order valence-electron chi connectivity index (χ2n) is 9.31. The molecule has 4 aromatic rings. The number of hydrogen-bond donors (Lipinski definition) is 1. The summed E-state index contributed by atoms with van der Waals surface area (Å²) in [7, 11) is -7.21. The smallest absolute Gasteiger partial charge is 0.321 e. The van der Waals surface area contributed by atoms with Gasteiger partial charge >= 0.3 is 5.97 Å². The zero-order valence-electron chi connectivity index (χ0n) is 22.6. The SMILES string of the molecule is COC(=O)CN([C@@H](c1ccccc1)c1cc(Br)ccc1NS(=O)(=O)c1ccccc1C)S(=O)(=O)c1ccccc1C. The maximum atomic E-state index is 14.3. The summed E-state index contributed by atoms with van der Waals surface area (Å²) < 4.78 is 64.9. The number of sulfonamides is 2. The number of aryl methyl sites for hydroxylation is 2. The highest BCUT2D eigenvalue weighted by Crippen LogP contribution is 2.39. The average molecular weight is 658 g/mol. The number of rotatable bonds is 10. The van der Waals surface area contributed by atoms with Crippen LogP contribution in [0.1, 0.15) is 28.3 Å². The molecule has 0 saturated heterocycles. The Morgan fingerprint density at radius 3 is 1.98 bits per heavy atom. The average Bonchev–Trinajstić information content (AvgIpc) is 2.94. The van der Waals surface area contributed by atoms with Gasteiger partial charge in [0.25, 0.3) is 10.0 Å². The van der Waals surface area contributed by atoms with Crippen LogP contribution in [-0.4, -0.2) is 40.8 Å². The molecule has 8 nitrogen and oxygen atoms in total. The molecule has 41 heavy (non-hydrogen) atoms. The molecule has 0 heterocycles. The quantitative estimate of drug-likeness (QED) is 0.215. The first-order valence-corrected chi connectivity index (χ1v) is 16.2. The number of carbonyl (C=O) groups is 1. The van der Waals surface area contributed by atoms with Crippen molar-refractivity contribution >= 4 is 47.6 Å². The Kier molecular flexibility index (Phi) is 9.33. The summed E-state index contributed by atoms with van der Waals surface area (Å²) in [5.41, 5.74) is 2.02. The van der Waals surface area contributed by atoms with Gasteiger partial charge in [-0.2, -0.15) is 4.31 Å². The highest BCUT2D eigenvalue weighted by molar-refractivity contribution is 9.10. The molecule has 0 amide bonds. The maximum Gasteiger partial charge on any atom is 0.321 e. The van der Waals surface area contributed by atoms with E-state index in [9.17, 15) is 21.6 Å². The fourth-order valence-corrected chi connectivity index (χ4v) is 8.01. The molecule has 1 atom stereocenters. The van der Waals surface area contributed by atoms with E-state index >= 15 is 0 Å². The third-order valence-electron chi connectivity index (χ3n) is 6.53. The molecule has 4 aromatic carbocycles. The molecule has 0 bridgehead atoms. The van der Waals surface area contributed by atoms with Gasteiger partial charge in [-0.25, -0.2) is 16.8 Å². The number of carbonyl (C=O) groups excluding carboxylic acids is 1. The van der Waals surface area contributed by atoms with Crippen molar-refractivity contribution in [1.82, 2.24) is 4.31 Å². The van der Waals surface area contributed by atoms with Crippen molar-refractivity contribution in [3.63, 3.8) is 0 Å². The standard InChI is InChI=1S/C30H29BrN2O6S2/c1-21-11-7-9-15-27(21)40(35,36)32-26-18-17-24(31)19-25(26)30(23-13-5-4-6-14-23)33(20-29(34)39-3)41(37,38)28-16-10-8-12-22(28)2/h4-19,30,32H,20H2,1-3H3/t30-/m0/s1. The molecule has 0 fully saturated rings. The number of hydrogen-bond acceptors (Lipinski definition) is 6. The summed E-state index contributed by atoms with van der Waals surface area (Å²) in [6, 6.07) is 25.5. The van der Waals surface area contributed by atoms with Crippen LogP contribution in [0.5, 0.6) is 0 Å². The Morgan fingerprint density at radius 1 is 0.829 bits per heavy atom. The molecule has 4 rings (SSSR count). The monoisotopic (exact) mass is 656 g/mol. The summed E-state index contributed by atoms with van der Waals surface area (Å²) in [4.78, 5) is 12.8. The van der Waals surface area contributed by atoms with Crippen LogP contribution in [0.2, 0.25) is 0 Å². The number of benzene rings is 4. The topological polar surface area (TPSA) is 110 Å². The number of methoxy groups -OCH3 is 1. The van der Waals surface area contributed by atoms with Gasteiger partial charge in [-0.3, -0.25) is 9.52 Å². The van der Waals surface area contributed by atoms with E-state index < -0.39 is 38.6 Å². The van der Waals surface area contributed by atoms with Crippen LogP contribution in [0, 0.1) is 13.8 Å². The van der Waals surface area contributed by atoms with Gasteiger partial charge in [-0.1, -0.05) is 82.7 Å². The van der Waals surface area contributed by atoms with Gasteiger partial charge in [0.1, 0.15) is 6.54 Å². The second kappa shape index (κ2) is 12.6. The fraction of sp³-hybridized carbons (Fsp3) is 0.167. The third-order valence-corrected chi connectivity index (χ3v) is 10.5. The lowest BCUT2D eigenvalue weighted by Crippen LogP contribution is -2.40. The molecule has 0 aromatic heterocycles. The molecule has 0 unspecified atom stereocenters. The highest BCUT2D eigenvalue weighted by Gasteiger charge is 2.38. The van der Waals surface area contributed by atoms with E-state index in [0.717, 1.165) is 4.31 Å². The van der Waals surface area contributed by atoms with Gasteiger partial charge in [0.2, 0.25) is 10.0 Å². The molecule has 0 radical (unpaired) electrons. The zero-order chi connectivity index (χ0) is 29.8. The van der Waals surface area contributed by atoms with Crippen LogP contribution in [0.25, 0.3) is 0 Å². The Balaban J connectivity index is 1.98. The summed E-state index contributed by atoms with van der Waals surface area (Å²) in [6.45, 7) is 2.74. The summed E-state index contributed by atoms with van der Waals surface area (Å²) >= 11 is 3.46. The number of anilines is 1. The molecule has 0 aliphatic carbocycles. The molecule has 0 saturated carbocycles. The number of nitrogens with zero attached hydrogens (tertiary/aromatic N) is 1. The van der Waals surface area contributed by atoms with Crippen molar-refractivity contribution in [3.05, 3.63) is 124 Å². The maximum absolute atomic E-state index is 14.3. The van der Waals surface area contributed by atoms with Crippen molar-refractivity contribution in [3.8, 4) is 0 Å². The Morgan fingerprint density at radius 2 is 1.39 bits per heavy atom. The number of halogens is 1. The van der Waals surface area contributed by atoms with E-state index in [1.165, 1.54) is 19.2 Å². The van der Waals surface area contributed by atoms with Gasteiger partial charge in [0.15, 0.2) is 0 Å². The summed E-state index contributed by atoms with van der Waals surface area (Å²) in [5, 5.41) is 0. The minimum absolute atomic E-state index is 0.0156. The van der Waals surface area contributed by atoms with E-state index in [1.807, 2.05) is 0 Å². The third kappa shape index (κ3) is 6.70. The minimum atomic E-state index is -4.32. The molecule has 0 aliphatic heterocycles. The van der Waals surface area contributed by atoms with Gasteiger partial charge in [0, 0.05) is 10.0 Å². The molecule has 11 heteroatoms. The molecule has 0 aliphatic rings. The first-order chi connectivity index (χ1) is 19.5. The molecule has 0 spiro atoms. The van der Waals surface area contributed by atoms with E-state index in [1.54, 1.807) is 98.8 Å². The Hall–Kier alpha value is -3.51. The van der Waals surface area contributed by atoms with E-state index in [-0.39, 0.29) is 15.5 Å². The lowest BCUT2D eigenvalue weighted by molar-refractivity contribution is -0.141. The summed E-state index contributed by atoms with van der Waals surface area (Å²) in [5.74, 6) is -0.778. The van der Waals surface area contributed by atoms with Crippen LogP contribution in [0.3, 0.4) is 0 Å². The number of nitrogens with one attached hydrogen (secondary N) is 1. The first-order valence-electron chi connectivity index (χ1n) is 12.5. The largest absolute Gasteiger partial charge is 0.468 e. The van der Waals surface area contributed by atoms with E-state index in [2.05, 4.69) is 20.7 Å². The lowest BCUT2D eigenvalue weighted by Gasteiger charge is -2.32. The first kappa shape index (κ1) is 30.4. The zero-order valence-corrected chi connectivity index (χ0v) is 25.8. The summed E-state index contributed by atoms with van der Waals surface area (Å²) in [6.07, 6.45) is 0. The highest BCUT2D eigenvalue weighted by atomic mass is 79.9. The van der Waals surface area contributed by atoms with Gasteiger partial charge in [-0.05, 0) is 60.9 Å². The van der Waals surface area contributed by atoms with Crippen LogP contribution in [0.4, 0.5) is 5.69 Å². The van der Waals surface area contributed by atoms with E-state index in [0.29, 0.717) is 26.7 Å². The van der Waals surface area contributed by atoms with Crippen LogP contribution in [0.15, 0.2) is 111 Å². The van der Waals surface area contributed by atoms with Crippen molar-refractivity contribution in [2.75, 3.05) is 18.4 Å². The van der Waals surface area contributed by atoms with Crippen LogP contribution in [-0.2, 0) is 29.6 Å². The predicted molar refractivity (Wildman–Crippen MR) is 162 cm³/mol. The fourth-order valence-electron chi connectivity index (χ4n) is 4.53. The Bertz CT molecular complexity index is 1780. The molecule has 214 valence electrons. The number of esters is 1. The predicted octanol–water partition coefficient (Wildman–Crippen LogP) is 5.82. The van der Waals surface area contributed by atoms with Gasteiger partial charge in [-0.15, -0.1) is 0 Å². The van der Waals surface area contributed by atoms with Crippen LogP contribution >= 0.6 is 15.9 Å². The molecule has 1 N–H and O–H groups in total. The lowest BCUT2D eigenvalue weighted by atomic mass is 9.97. The molecular weight excluding hydrogens is 628 g/mol. The van der Waals surface area contributed by atoms with Gasteiger partial charge in [0.05, 0.1) is 28.6 Å². The molecular formula is C30H29BrN2O6S2. The normalized spacial score (nSPS) is 12.6. The van der Waals surface area contributed by atoms with Crippen molar-refractivity contribution in [1.29, 1.82) is 0 Å². The minimum Gasteiger partial charge on any atom is -0.468 e. The Labute approximate surface area is 249 Å². The second-order valence-corrected chi connectivity index (χ2v) is 13.7. The van der Waals surface area contributed by atoms with Crippen molar-refractivity contribution < 1.29 is 26.4 Å².